The number of aromatic nitrogens is 1. The molecule has 0 aliphatic carbocycles. The van der Waals surface area contributed by atoms with Gasteiger partial charge in [-0.25, -0.2) is 9.18 Å². The van der Waals surface area contributed by atoms with Gasteiger partial charge in [-0.2, -0.15) is 0 Å². The molecule has 30 heavy (non-hydrogen) atoms. The van der Waals surface area contributed by atoms with Crippen LogP contribution in [-0.4, -0.2) is 36.7 Å². The van der Waals surface area contributed by atoms with Crippen LogP contribution >= 0.6 is 11.6 Å². The summed E-state index contributed by atoms with van der Waals surface area (Å²) in [5, 5.41) is 9.59. The third-order valence-corrected chi connectivity index (χ3v) is 4.85. The van der Waals surface area contributed by atoms with Crippen LogP contribution in [0.15, 0.2) is 41.3 Å². The first-order chi connectivity index (χ1) is 14.4. The van der Waals surface area contributed by atoms with Gasteiger partial charge in [0.2, 0.25) is 5.43 Å². The Morgan fingerprint density at radius 2 is 1.97 bits per heavy atom. The van der Waals surface area contributed by atoms with E-state index in [4.69, 9.17) is 21.1 Å². The Kier molecular flexibility index (Phi) is 6.59. The first-order valence-corrected chi connectivity index (χ1v) is 9.31. The van der Waals surface area contributed by atoms with Crippen molar-refractivity contribution in [1.29, 1.82) is 0 Å². The molecule has 7 nitrogen and oxygen atoms in total. The van der Waals surface area contributed by atoms with E-state index in [2.05, 4.69) is 4.74 Å². The maximum absolute atomic E-state index is 14.4. The molecule has 0 aliphatic heterocycles. The summed E-state index contributed by atoms with van der Waals surface area (Å²) in [6.07, 6.45) is 0.386. The molecule has 0 saturated heterocycles. The average molecular weight is 436 g/mol. The van der Waals surface area contributed by atoms with E-state index in [1.165, 1.54) is 19.4 Å². The molecule has 0 fully saturated rings. The van der Waals surface area contributed by atoms with Gasteiger partial charge in [0.25, 0.3) is 0 Å². The number of pyridine rings is 1. The van der Waals surface area contributed by atoms with Crippen molar-refractivity contribution in [2.75, 3.05) is 20.8 Å². The van der Waals surface area contributed by atoms with E-state index in [9.17, 15) is 19.1 Å². The number of hydrogen-bond donors (Lipinski definition) is 1. The van der Waals surface area contributed by atoms with Crippen molar-refractivity contribution in [3.63, 3.8) is 0 Å². The van der Waals surface area contributed by atoms with Crippen LogP contribution in [0.2, 0.25) is 5.02 Å². The maximum atomic E-state index is 14.4. The highest BCUT2D eigenvalue weighted by molar-refractivity contribution is 6.30. The molecule has 0 bridgehead atoms. The number of halogens is 2. The van der Waals surface area contributed by atoms with Gasteiger partial charge in [-0.05, 0) is 23.3 Å². The van der Waals surface area contributed by atoms with Gasteiger partial charge in [0.05, 0.1) is 42.9 Å². The fraction of sp³-hybridized carbons (Fsp3) is 0.238. The molecule has 1 aromatic heterocycles. The van der Waals surface area contributed by atoms with E-state index in [0.29, 0.717) is 22.4 Å². The van der Waals surface area contributed by atoms with E-state index in [-0.39, 0.29) is 35.7 Å². The van der Waals surface area contributed by atoms with Crippen molar-refractivity contribution in [3.8, 4) is 11.5 Å². The van der Waals surface area contributed by atoms with Gasteiger partial charge in [0, 0.05) is 19.0 Å². The number of rotatable bonds is 6. The first kappa shape index (κ1) is 21.6. The molecular weight excluding hydrogens is 417 g/mol. The third kappa shape index (κ3) is 4.24. The van der Waals surface area contributed by atoms with Gasteiger partial charge in [0.1, 0.15) is 11.6 Å². The lowest BCUT2D eigenvalue weighted by atomic mass is 10.0. The number of fused-ring (bicyclic) bond motifs is 1. The Labute approximate surface area is 176 Å². The predicted molar refractivity (Wildman–Crippen MR) is 109 cm³/mol. The second-order valence-electron chi connectivity index (χ2n) is 6.37. The standard InChI is InChI=1S/C21H19ClFNO6/c1-28-17-10-16-14(9-13(17)8-12-4-3-5-15(22)19(12)23)20(26)18(30-21(27)29-2)11-24(16)6-7-25/h3-5,9-11,25H,6-8H2,1-2H3. The van der Waals surface area contributed by atoms with Gasteiger partial charge >= 0.3 is 6.16 Å². The fourth-order valence-corrected chi connectivity index (χ4v) is 3.35. The smallest absolute Gasteiger partial charge is 0.496 e. The minimum absolute atomic E-state index is 0.00804. The summed E-state index contributed by atoms with van der Waals surface area (Å²) in [4.78, 5) is 24.4. The normalized spacial score (nSPS) is 10.8. The van der Waals surface area contributed by atoms with Crippen LogP contribution in [0.4, 0.5) is 9.18 Å². The first-order valence-electron chi connectivity index (χ1n) is 8.93. The zero-order valence-corrected chi connectivity index (χ0v) is 17.0. The number of aliphatic hydroxyl groups is 1. The predicted octanol–water partition coefficient (Wildman–Crippen LogP) is 3.53. The van der Waals surface area contributed by atoms with Crippen LogP contribution in [0.1, 0.15) is 11.1 Å². The summed E-state index contributed by atoms with van der Waals surface area (Å²) in [6.45, 7) is -0.0762. The van der Waals surface area contributed by atoms with E-state index >= 15 is 0 Å². The Morgan fingerprint density at radius 1 is 1.20 bits per heavy atom. The zero-order valence-electron chi connectivity index (χ0n) is 16.3. The summed E-state index contributed by atoms with van der Waals surface area (Å²) in [7, 11) is 2.58. The van der Waals surface area contributed by atoms with Crippen molar-refractivity contribution < 1.29 is 28.5 Å². The van der Waals surface area contributed by atoms with Gasteiger partial charge < -0.3 is 23.9 Å². The molecule has 0 saturated carbocycles. The summed E-state index contributed by atoms with van der Waals surface area (Å²) >= 11 is 5.87. The molecule has 1 N–H and O–H groups in total. The largest absolute Gasteiger partial charge is 0.513 e. The van der Waals surface area contributed by atoms with E-state index in [1.807, 2.05) is 0 Å². The summed E-state index contributed by atoms with van der Waals surface area (Å²) in [6, 6.07) is 7.83. The zero-order chi connectivity index (χ0) is 21.8. The molecule has 1 heterocycles. The van der Waals surface area contributed by atoms with Gasteiger partial charge in [-0.3, -0.25) is 4.79 Å². The van der Waals surface area contributed by atoms with Crippen LogP contribution in [0.5, 0.6) is 11.5 Å². The van der Waals surface area contributed by atoms with Crippen LogP contribution in [0, 0.1) is 5.82 Å². The van der Waals surface area contributed by atoms with Gasteiger partial charge in [-0.15, -0.1) is 0 Å². The second kappa shape index (κ2) is 9.15. The minimum Gasteiger partial charge on any atom is -0.496 e. The van der Waals surface area contributed by atoms with Crippen molar-refractivity contribution >= 4 is 28.7 Å². The highest BCUT2D eigenvalue weighted by atomic mass is 35.5. The SMILES string of the molecule is COC(=O)Oc1cn(CCO)c2cc(OC)c(Cc3cccc(Cl)c3F)cc2c1=O. The Hall–Kier alpha value is -3.10. The van der Waals surface area contributed by atoms with Crippen LogP contribution < -0.4 is 14.9 Å². The Bertz CT molecular complexity index is 1160. The number of aliphatic hydroxyl groups excluding tert-OH is 1. The molecule has 3 rings (SSSR count). The molecule has 0 unspecified atom stereocenters. The lowest BCUT2D eigenvalue weighted by Gasteiger charge is -2.16. The molecule has 3 aromatic rings. The summed E-state index contributed by atoms with van der Waals surface area (Å²) < 4.78 is 30.8. The van der Waals surface area contributed by atoms with Crippen LogP contribution in [0.3, 0.4) is 0 Å². The number of benzene rings is 2. The Balaban J connectivity index is 2.21. The average Bonchev–Trinajstić information content (AvgIpc) is 2.74. The molecule has 0 amide bonds. The highest BCUT2D eigenvalue weighted by Gasteiger charge is 2.18. The fourth-order valence-electron chi connectivity index (χ4n) is 3.15. The highest BCUT2D eigenvalue weighted by Crippen LogP contribution is 2.30. The van der Waals surface area contributed by atoms with E-state index < -0.39 is 17.4 Å². The molecule has 0 atom stereocenters. The topological polar surface area (TPSA) is 87.0 Å². The second-order valence-corrected chi connectivity index (χ2v) is 6.77. The van der Waals surface area contributed by atoms with Crippen LogP contribution in [0.25, 0.3) is 10.9 Å². The number of methoxy groups -OCH3 is 2. The van der Waals surface area contributed by atoms with Crippen molar-refractivity contribution in [3.05, 3.63) is 68.7 Å². The van der Waals surface area contributed by atoms with Gasteiger partial charge in [0.15, 0.2) is 5.75 Å². The molecule has 0 spiro atoms. The molecule has 9 heteroatoms. The number of nitrogens with zero attached hydrogens (tertiary/aromatic N) is 1. The number of carbonyl (C=O) groups excluding carboxylic acids is 1. The number of hydrogen-bond acceptors (Lipinski definition) is 6. The van der Waals surface area contributed by atoms with Crippen molar-refractivity contribution in [2.45, 2.75) is 13.0 Å². The summed E-state index contributed by atoms with van der Waals surface area (Å²) in [5.41, 5.74) is 0.769. The summed E-state index contributed by atoms with van der Waals surface area (Å²) in [5.74, 6) is -0.385. The number of ether oxygens (including phenoxy) is 3. The molecule has 158 valence electrons. The Morgan fingerprint density at radius 3 is 2.63 bits per heavy atom. The molecule has 2 aromatic carbocycles. The van der Waals surface area contributed by atoms with E-state index in [0.717, 1.165) is 7.11 Å². The minimum atomic E-state index is -1.04. The third-order valence-electron chi connectivity index (χ3n) is 4.56. The van der Waals surface area contributed by atoms with Gasteiger partial charge in [-0.1, -0.05) is 23.7 Å². The van der Waals surface area contributed by atoms with Crippen molar-refractivity contribution in [1.82, 2.24) is 4.57 Å². The lowest BCUT2D eigenvalue weighted by Crippen LogP contribution is -2.18. The van der Waals surface area contributed by atoms with Crippen LogP contribution in [-0.2, 0) is 17.7 Å². The molecule has 0 aliphatic rings. The quantitative estimate of drug-likeness (QED) is 0.596. The monoisotopic (exact) mass is 435 g/mol. The van der Waals surface area contributed by atoms with Crippen molar-refractivity contribution in [2.24, 2.45) is 0 Å². The molecule has 0 radical (unpaired) electrons. The lowest BCUT2D eigenvalue weighted by molar-refractivity contribution is 0.121. The maximum Gasteiger partial charge on any atom is 0.513 e. The molecular formula is C21H19ClFNO6. The number of carbonyl (C=O) groups is 1. The van der Waals surface area contributed by atoms with E-state index in [1.54, 1.807) is 28.8 Å².